The Morgan fingerprint density at radius 2 is 1.89 bits per heavy atom. The fourth-order valence-corrected chi connectivity index (χ4v) is 2.36. The van der Waals surface area contributed by atoms with E-state index in [0.717, 1.165) is 0 Å². The molecule has 2 rings (SSSR count). The maximum atomic E-state index is 12.3. The number of hydrogen-bond acceptors (Lipinski definition) is 5. The maximum Gasteiger partial charge on any atom is 0.422 e. The van der Waals surface area contributed by atoms with Crippen LogP contribution >= 0.6 is 0 Å². The van der Waals surface area contributed by atoms with E-state index in [1.165, 1.54) is 50.6 Å². The molecule has 0 saturated carbocycles. The minimum Gasteiger partial charge on any atom is -0.493 e. The number of carbonyl (C=O) groups is 2. The van der Waals surface area contributed by atoms with E-state index in [0.29, 0.717) is 16.8 Å². The van der Waals surface area contributed by atoms with E-state index >= 15 is 0 Å². The molecule has 28 heavy (non-hydrogen) atoms. The monoisotopic (exact) mass is 396 g/mol. The summed E-state index contributed by atoms with van der Waals surface area (Å²) in [6.07, 6.45) is -2.87. The van der Waals surface area contributed by atoms with Gasteiger partial charge in [-0.25, -0.2) is 0 Å². The van der Waals surface area contributed by atoms with Crippen LogP contribution in [0.1, 0.15) is 28.5 Å². The van der Waals surface area contributed by atoms with Gasteiger partial charge in [0.15, 0.2) is 18.1 Å². The Balaban J connectivity index is 2.02. The van der Waals surface area contributed by atoms with E-state index in [-0.39, 0.29) is 36.2 Å². The standard InChI is InChI=1S/C19H19F3N2O4/c1-12(25)7-15-9-14(5-6-23-15)18(26)24-10-13-3-4-16(17(8-13)27-2)28-11-19(20,21)22/h3-6,8-9H,7,10-11H2,1-2H3,(H,24,26). The fourth-order valence-electron chi connectivity index (χ4n) is 2.36. The van der Waals surface area contributed by atoms with E-state index in [4.69, 9.17) is 9.47 Å². The number of ether oxygens (including phenoxy) is 2. The van der Waals surface area contributed by atoms with Crippen LogP contribution in [0.4, 0.5) is 13.2 Å². The number of alkyl halides is 3. The Morgan fingerprint density at radius 3 is 2.54 bits per heavy atom. The van der Waals surface area contributed by atoms with Gasteiger partial charge >= 0.3 is 6.18 Å². The number of hydrogen-bond donors (Lipinski definition) is 1. The summed E-state index contributed by atoms with van der Waals surface area (Å²) in [6, 6.07) is 7.42. The molecule has 0 aliphatic rings. The highest BCUT2D eigenvalue weighted by atomic mass is 19.4. The minimum atomic E-state index is -4.45. The predicted molar refractivity (Wildman–Crippen MR) is 94.3 cm³/mol. The van der Waals surface area contributed by atoms with E-state index in [1.54, 1.807) is 0 Å². The Bertz CT molecular complexity index is 853. The van der Waals surface area contributed by atoms with Crippen LogP contribution in [0.3, 0.4) is 0 Å². The van der Waals surface area contributed by atoms with Crippen molar-refractivity contribution in [3.8, 4) is 11.5 Å². The second-order valence-electron chi connectivity index (χ2n) is 5.99. The Hall–Kier alpha value is -3.10. The fraction of sp³-hybridized carbons (Fsp3) is 0.316. The summed E-state index contributed by atoms with van der Waals surface area (Å²) in [5, 5.41) is 2.69. The first-order chi connectivity index (χ1) is 13.2. The van der Waals surface area contributed by atoms with Crippen LogP contribution in [0.15, 0.2) is 36.5 Å². The van der Waals surface area contributed by atoms with E-state index in [1.807, 2.05) is 0 Å². The number of amides is 1. The van der Waals surface area contributed by atoms with Gasteiger partial charge in [0, 0.05) is 30.4 Å². The lowest BCUT2D eigenvalue weighted by molar-refractivity contribution is -0.153. The average molecular weight is 396 g/mol. The van der Waals surface area contributed by atoms with Gasteiger partial charge < -0.3 is 14.8 Å². The van der Waals surface area contributed by atoms with Gasteiger partial charge in [0.2, 0.25) is 0 Å². The van der Waals surface area contributed by atoms with Crippen LogP contribution in [0, 0.1) is 0 Å². The first kappa shape index (κ1) is 21.2. The molecule has 0 aliphatic heterocycles. The molecule has 0 unspecified atom stereocenters. The molecule has 0 fully saturated rings. The number of halogens is 3. The van der Waals surface area contributed by atoms with Gasteiger partial charge in [-0.2, -0.15) is 13.2 Å². The molecule has 1 heterocycles. The third-order valence-corrected chi connectivity index (χ3v) is 3.58. The van der Waals surface area contributed by atoms with Crippen molar-refractivity contribution in [1.29, 1.82) is 0 Å². The quantitative estimate of drug-likeness (QED) is 0.742. The smallest absolute Gasteiger partial charge is 0.422 e. The summed E-state index contributed by atoms with van der Waals surface area (Å²) in [5.74, 6) is -0.352. The molecule has 0 radical (unpaired) electrons. The average Bonchev–Trinajstić information content (AvgIpc) is 2.63. The van der Waals surface area contributed by atoms with Crippen LogP contribution in [0.5, 0.6) is 11.5 Å². The van der Waals surface area contributed by atoms with Gasteiger partial charge in [0.25, 0.3) is 5.91 Å². The normalized spacial score (nSPS) is 11.0. The second-order valence-corrected chi connectivity index (χ2v) is 5.99. The number of benzene rings is 1. The number of ketones is 1. The minimum absolute atomic E-state index is 0.0436. The van der Waals surface area contributed by atoms with Crippen LogP contribution in [0.2, 0.25) is 0 Å². The van der Waals surface area contributed by atoms with Crippen LogP contribution in [-0.4, -0.2) is 36.6 Å². The molecule has 9 heteroatoms. The number of aromatic nitrogens is 1. The zero-order chi connectivity index (χ0) is 20.7. The number of pyridine rings is 1. The Labute approximate surface area is 159 Å². The molecule has 1 N–H and O–H groups in total. The summed E-state index contributed by atoms with van der Waals surface area (Å²) < 4.78 is 46.6. The highest BCUT2D eigenvalue weighted by molar-refractivity contribution is 5.94. The highest BCUT2D eigenvalue weighted by Gasteiger charge is 2.29. The molecule has 2 aromatic rings. The Morgan fingerprint density at radius 1 is 1.14 bits per heavy atom. The van der Waals surface area contributed by atoms with Crippen molar-refractivity contribution in [3.63, 3.8) is 0 Å². The van der Waals surface area contributed by atoms with Gasteiger partial charge in [-0.15, -0.1) is 0 Å². The predicted octanol–water partition coefficient (Wildman–Crippen LogP) is 3.09. The molecule has 150 valence electrons. The SMILES string of the molecule is COc1cc(CNC(=O)c2ccnc(CC(C)=O)c2)ccc1OCC(F)(F)F. The van der Waals surface area contributed by atoms with Crippen molar-refractivity contribution < 1.29 is 32.2 Å². The summed E-state index contributed by atoms with van der Waals surface area (Å²) in [4.78, 5) is 27.5. The molecule has 0 spiro atoms. The molecule has 0 bridgehead atoms. The molecule has 6 nitrogen and oxygen atoms in total. The largest absolute Gasteiger partial charge is 0.493 e. The van der Waals surface area contributed by atoms with Crippen molar-refractivity contribution in [3.05, 3.63) is 53.3 Å². The molecule has 0 saturated heterocycles. The van der Waals surface area contributed by atoms with Crippen LogP contribution < -0.4 is 14.8 Å². The van der Waals surface area contributed by atoms with Crippen molar-refractivity contribution in [2.75, 3.05) is 13.7 Å². The zero-order valence-corrected chi connectivity index (χ0v) is 15.3. The van der Waals surface area contributed by atoms with Crippen molar-refractivity contribution in [1.82, 2.24) is 10.3 Å². The number of methoxy groups -OCH3 is 1. The van der Waals surface area contributed by atoms with E-state index in [2.05, 4.69) is 10.3 Å². The number of nitrogens with one attached hydrogen (secondary N) is 1. The third kappa shape index (κ3) is 6.57. The van der Waals surface area contributed by atoms with E-state index in [9.17, 15) is 22.8 Å². The lowest BCUT2D eigenvalue weighted by Gasteiger charge is -2.14. The number of nitrogens with zero attached hydrogens (tertiary/aromatic N) is 1. The summed E-state index contributed by atoms with van der Waals surface area (Å²) in [5.41, 5.74) is 1.46. The van der Waals surface area contributed by atoms with Crippen molar-refractivity contribution in [2.24, 2.45) is 0 Å². The Kier molecular flexibility index (Phi) is 6.97. The van der Waals surface area contributed by atoms with Gasteiger partial charge in [-0.05, 0) is 36.8 Å². The van der Waals surface area contributed by atoms with Crippen molar-refractivity contribution >= 4 is 11.7 Å². The van der Waals surface area contributed by atoms with Gasteiger partial charge in [0.1, 0.15) is 5.78 Å². The lowest BCUT2D eigenvalue weighted by Crippen LogP contribution is -2.23. The molecule has 1 aromatic carbocycles. The third-order valence-electron chi connectivity index (χ3n) is 3.58. The second kappa shape index (κ2) is 9.20. The molecule has 1 aromatic heterocycles. The molecular formula is C19H19F3N2O4. The molecule has 0 atom stereocenters. The first-order valence-electron chi connectivity index (χ1n) is 8.27. The zero-order valence-electron chi connectivity index (χ0n) is 15.3. The number of carbonyl (C=O) groups excluding carboxylic acids is 2. The van der Waals surface area contributed by atoms with Crippen LogP contribution in [-0.2, 0) is 17.8 Å². The van der Waals surface area contributed by atoms with Gasteiger partial charge in [-0.1, -0.05) is 6.07 Å². The molecule has 0 aliphatic carbocycles. The van der Waals surface area contributed by atoms with Crippen LogP contribution in [0.25, 0.3) is 0 Å². The van der Waals surface area contributed by atoms with Gasteiger partial charge in [-0.3, -0.25) is 14.6 Å². The van der Waals surface area contributed by atoms with E-state index < -0.39 is 12.8 Å². The molecule has 1 amide bonds. The summed E-state index contributed by atoms with van der Waals surface area (Å²) in [6.45, 7) is 0.132. The topological polar surface area (TPSA) is 77.5 Å². The van der Waals surface area contributed by atoms with Crippen molar-refractivity contribution in [2.45, 2.75) is 26.1 Å². The number of Topliss-reactive ketones (excluding diaryl/α,β-unsaturated/α-hetero) is 1. The lowest BCUT2D eigenvalue weighted by atomic mass is 10.1. The molecular weight excluding hydrogens is 377 g/mol. The first-order valence-corrected chi connectivity index (χ1v) is 8.27. The summed E-state index contributed by atoms with van der Waals surface area (Å²) in [7, 11) is 1.31. The van der Waals surface area contributed by atoms with Gasteiger partial charge in [0.05, 0.1) is 7.11 Å². The maximum absolute atomic E-state index is 12.3. The highest BCUT2D eigenvalue weighted by Crippen LogP contribution is 2.29. The summed E-state index contributed by atoms with van der Waals surface area (Å²) >= 11 is 0. The number of rotatable bonds is 8.